The Labute approximate surface area is 120 Å². The summed E-state index contributed by atoms with van der Waals surface area (Å²) in [6.45, 7) is 0. The van der Waals surface area contributed by atoms with E-state index < -0.39 is 17.7 Å². The number of nitrogens with one attached hydrogen (secondary N) is 1. The van der Waals surface area contributed by atoms with E-state index in [0.717, 1.165) is 12.1 Å². The van der Waals surface area contributed by atoms with E-state index in [2.05, 4.69) is 10.1 Å². The molecule has 2 aromatic rings. The zero-order chi connectivity index (χ0) is 15.4. The van der Waals surface area contributed by atoms with Crippen molar-refractivity contribution in [1.29, 1.82) is 0 Å². The molecule has 0 aliphatic rings. The fraction of sp³-hybridized carbons (Fsp3) is 0.0667. The van der Waals surface area contributed by atoms with Gasteiger partial charge in [0.15, 0.2) is 0 Å². The number of carbonyl (C=O) groups is 2. The minimum Gasteiger partial charge on any atom is -0.465 e. The van der Waals surface area contributed by atoms with Gasteiger partial charge in [-0.15, -0.1) is 0 Å². The van der Waals surface area contributed by atoms with Gasteiger partial charge in [0, 0.05) is 11.4 Å². The third-order valence-corrected chi connectivity index (χ3v) is 2.80. The summed E-state index contributed by atoms with van der Waals surface area (Å²) in [5, 5.41) is 2.59. The molecule has 0 spiro atoms. The Balaban J connectivity index is 2.21. The van der Waals surface area contributed by atoms with Crippen LogP contribution in [0.5, 0.6) is 0 Å². The molecule has 2 rings (SSSR count). The number of esters is 1. The van der Waals surface area contributed by atoms with E-state index in [1.165, 1.54) is 19.2 Å². The van der Waals surface area contributed by atoms with E-state index in [1.54, 1.807) is 18.2 Å². The molecular formula is C15H13FN2O3. The molecule has 0 unspecified atom stereocenters. The van der Waals surface area contributed by atoms with E-state index in [0.29, 0.717) is 11.3 Å². The molecule has 6 heteroatoms. The number of hydrogen-bond acceptors (Lipinski definition) is 4. The smallest absolute Gasteiger partial charge is 0.337 e. The summed E-state index contributed by atoms with van der Waals surface area (Å²) in [6, 6.07) is 9.78. The monoisotopic (exact) mass is 288 g/mol. The summed E-state index contributed by atoms with van der Waals surface area (Å²) in [6.07, 6.45) is 0. The summed E-state index contributed by atoms with van der Waals surface area (Å²) in [4.78, 5) is 23.5. The third-order valence-electron chi connectivity index (χ3n) is 2.80. The molecule has 21 heavy (non-hydrogen) atoms. The number of benzene rings is 2. The number of methoxy groups -OCH3 is 1. The maximum Gasteiger partial charge on any atom is 0.337 e. The summed E-state index contributed by atoms with van der Waals surface area (Å²) in [7, 11) is 1.27. The summed E-state index contributed by atoms with van der Waals surface area (Å²) in [5.74, 6) is -1.52. The van der Waals surface area contributed by atoms with Gasteiger partial charge in [0.1, 0.15) is 5.82 Å². The molecule has 0 bridgehead atoms. The Morgan fingerprint density at radius 3 is 2.62 bits per heavy atom. The fourth-order valence-corrected chi connectivity index (χ4v) is 1.78. The topological polar surface area (TPSA) is 81.4 Å². The van der Waals surface area contributed by atoms with Crippen LogP contribution in [0.15, 0.2) is 42.5 Å². The Hall–Kier alpha value is -2.89. The molecule has 0 aromatic heterocycles. The first-order valence-electron chi connectivity index (χ1n) is 6.06. The Morgan fingerprint density at radius 1 is 1.19 bits per heavy atom. The van der Waals surface area contributed by atoms with Crippen molar-refractivity contribution in [2.75, 3.05) is 18.2 Å². The van der Waals surface area contributed by atoms with E-state index in [-0.39, 0.29) is 11.3 Å². The van der Waals surface area contributed by atoms with Gasteiger partial charge in [-0.05, 0) is 36.4 Å². The number of ether oxygens (including phenoxy) is 1. The van der Waals surface area contributed by atoms with Crippen LogP contribution in [0.1, 0.15) is 20.7 Å². The lowest BCUT2D eigenvalue weighted by Crippen LogP contribution is -2.14. The zero-order valence-corrected chi connectivity index (χ0v) is 11.2. The van der Waals surface area contributed by atoms with Crippen molar-refractivity contribution in [3.05, 3.63) is 59.4 Å². The van der Waals surface area contributed by atoms with Crippen LogP contribution in [-0.2, 0) is 4.74 Å². The number of amides is 1. The van der Waals surface area contributed by atoms with Crippen LogP contribution in [0.25, 0.3) is 0 Å². The predicted octanol–water partition coefficient (Wildman–Crippen LogP) is 2.45. The minimum absolute atomic E-state index is 0.0385. The highest BCUT2D eigenvalue weighted by molar-refractivity contribution is 6.08. The van der Waals surface area contributed by atoms with Crippen LogP contribution in [-0.4, -0.2) is 19.0 Å². The van der Waals surface area contributed by atoms with Crippen molar-refractivity contribution >= 4 is 23.3 Å². The van der Waals surface area contributed by atoms with Gasteiger partial charge in [0.2, 0.25) is 0 Å². The average Bonchev–Trinajstić information content (AvgIpc) is 2.46. The van der Waals surface area contributed by atoms with Crippen molar-refractivity contribution in [2.24, 2.45) is 0 Å². The van der Waals surface area contributed by atoms with Crippen molar-refractivity contribution < 1.29 is 18.7 Å². The highest BCUT2D eigenvalue weighted by Crippen LogP contribution is 2.17. The normalized spacial score (nSPS) is 10.0. The Morgan fingerprint density at radius 2 is 1.95 bits per heavy atom. The van der Waals surface area contributed by atoms with Gasteiger partial charge in [0.25, 0.3) is 5.91 Å². The molecule has 0 heterocycles. The van der Waals surface area contributed by atoms with Gasteiger partial charge in [-0.2, -0.15) is 0 Å². The van der Waals surface area contributed by atoms with Crippen molar-refractivity contribution in [3.8, 4) is 0 Å². The lowest BCUT2D eigenvalue weighted by molar-refractivity contribution is 0.0600. The van der Waals surface area contributed by atoms with E-state index in [4.69, 9.17) is 5.73 Å². The number of carbonyl (C=O) groups excluding carboxylic acids is 2. The van der Waals surface area contributed by atoms with E-state index >= 15 is 0 Å². The van der Waals surface area contributed by atoms with Gasteiger partial charge < -0.3 is 15.8 Å². The molecule has 108 valence electrons. The van der Waals surface area contributed by atoms with Gasteiger partial charge in [-0.3, -0.25) is 4.79 Å². The molecule has 0 fully saturated rings. The molecule has 1 amide bonds. The lowest BCUT2D eigenvalue weighted by atomic mass is 10.1. The Kier molecular flexibility index (Phi) is 4.18. The minimum atomic E-state index is -0.517. The zero-order valence-electron chi connectivity index (χ0n) is 11.2. The van der Waals surface area contributed by atoms with Crippen molar-refractivity contribution in [2.45, 2.75) is 0 Å². The van der Waals surface area contributed by atoms with Crippen molar-refractivity contribution in [3.63, 3.8) is 0 Å². The first-order valence-corrected chi connectivity index (χ1v) is 6.06. The second-order valence-electron chi connectivity index (χ2n) is 4.26. The molecule has 0 aliphatic heterocycles. The van der Waals surface area contributed by atoms with Gasteiger partial charge in [-0.25, -0.2) is 9.18 Å². The maximum absolute atomic E-state index is 13.0. The first kappa shape index (κ1) is 14.5. The second-order valence-corrected chi connectivity index (χ2v) is 4.26. The average molecular weight is 288 g/mol. The Bertz CT molecular complexity index is 701. The first-order chi connectivity index (χ1) is 10.0. The number of nitrogen functional groups attached to an aromatic ring is 1. The van der Waals surface area contributed by atoms with Crippen LogP contribution in [0, 0.1) is 5.82 Å². The predicted molar refractivity (Wildman–Crippen MR) is 76.5 cm³/mol. The molecule has 2 aromatic carbocycles. The number of nitrogens with two attached hydrogens (primary N) is 1. The fourth-order valence-electron chi connectivity index (χ4n) is 1.78. The van der Waals surface area contributed by atoms with E-state index in [9.17, 15) is 14.0 Å². The molecule has 5 nitrogen and oxygen atoms in total. The summed E-state index contributed by atoms with van der Waals surface area (Å²) in [5.41, 5.74) is 6.51. The lowest BCUT2D eigenvalue weighted by Gasteiger charge is -2.08. The molecule has 3 N–H and O–H groups in total. The molecule has 0 saturated carbocycles. The van der Waals surface area contributed by atoms with Gasteiger partial charge in [0.05, 0.1) is 18.2 Å². The summed E-state index contributed by atoms with van der Waals surface area (Å²) >= 11 is 0. The third kappa shape index (κ3) is 3.36. The molecule has 0 saturated heterocycles. The van der Waals surface area contributed by atoms with Crippen LogP contribution < -0.4 is 11.1 Å². The highest BCUT2D eigenvalue weighted by atomic mass is 19.1. The summed E-state index contributed by atoms with van der Waals surface area (Å²) < 4.78 is 17.6. The van der Waals surface area contributed by atoms with Crippen LogP contribution >= 0.6 is 0 Å². The van der Waals surface area contributed by atoms with Crippen molar-refractivity contribution in [1.82, 2.24) is 0 Å². The molecule has 0 radical (unpaired) electrons. The maximum atomic E-state index is 13.0. The number of halogens is 1. The number of rotatable bonds is 3. The van der Waals surface area contributed by atoms with Gasteiger partial charge >= 0.3 is 5.97 Å². The van der Waals surface area contributed by atoms with Crippen LogP contribution in [0.3, 0.4) is 0 Å². The number of hydrogen-bond donors (Lipinski definition) is 2. The number of anilines is 2. The van der Waals surface area contributed by atoms with Crippen LogP contribution in [0.4, 0.5) is 15.8 Å². The van der Waals surface area contributed by atoms with E-state index in [1.807, 2.05) is 0 Å². The second kappa shape index (κ2) is 6.04. The standard InChI is InChI=1S/C15H13FN2O3/c1-21-15(20)9-3-2-4-11(7-9)18-14(19)12-6-5-10(16)8-13(12)17/h2-8H,17H2,1H3,(H,18,19). The highest BCUT2D eigenvalue weighted by Gasteiger charge is 2.12. The van der Waals surface area contributed by atoms with Gasteiger partial charge in [-0.1, -0.05) is 6.07 Å². The SMILES string of the molecule is COC(=O)c1cccc(NC(=O)c2ccc(F)cc2N)c1. The molecular weight excluding hydrogens is 275 g/mol. The molecule has 0 aliphatic carbocycles. The quantitative estimate of drug-likeness (QED) is 0.671. The van der Waals surface area contributed by atoms with Crippen LogP contribution in [0.2, 0.25) is 0 Å². The molecule has 0 atom stereocenters. The largest absolute Gasteiger partial charge is 0.465 e.